The minimum atomic E-state index is -1.46. The normalized spacial score (nSPS) is 10.7. The van der Waals surface area contributed by atoms with Crippen molar-refractivity contribution in [3.05, 3.63) is 70.1 Å². The average Bonchev–Trinajstić information content (AvgIpc) is 2.52. The maximum absolute atomic E-state index is 12.4. The van der Waals surface area contributed by atoms with Crippen LogP contribution in [0.4, 0.5) is 0 Å². The summed E-state index contributed by atoms with van der Waals surface area (Å²) >= 11 is 0. The standard InChI is InChI=1S/C16H12N2O4/c19-13-11-7-4-8-17-14(11)18(15(20)12(13)16(21)22)9-10-5-2-1-3-6-10/h1-8,19H,9H2,(H,21,22). The lowest BCUT2D eigenvalue weighted by Crippen LogP contribution is -2.27. The molecular weight excluding hydrogens is 284 g/mol. The highest BCUT2D eigenvalue weighted by atomic mass is 16.4. The number of carboxylic acid groups (broad SMARTS) is 1. The Balaban J connectivity index is 2.33. The Hall–Kier alpha value is -3.15. The summed E-state index contributed by atoms with van der Waals surface area (Å²) in [6, 6.07) is 12.3. The molecule has 0 aliphatic carbocycles. The molecule has 110 valence electrons. The number of rotatable bonds is 3. The lowest BCUT2D eigenvalue weighted by atomic mass is 10.1. The van der Waals surface area contributed by atoms with Crippen LogP contribution in [0, 0.1) is 0 Å². The van der Waals surface area contributed by atoms with E-state index in [2.05, 4.69) is 4.98 Å². The molecule has 2 N–H and O–H groups in total. The first-order chi connectivity index (χ1) is 10.6. The second kappa shape index (κ2) is 5.33. The molecule has 2 heterocycles. The van der Waals surface area contributed by atoms with Crippen LogP contribution in [0.1, 0.15) is 15.9 Å². The van der Waals surface area contributed by atoms with Gasteiger partial charge in [-0.1, -0.05) is 30.3 Å². The van der Waals surface area contributed by atoms with E-state index in [0.717, 1.165) is 5.56 Å². The van der Waals surface area contributed by atoms with E-state index in [4.69, 9.17) is 0 Å². The summed E-state index contributed by atoms with van der Waals surface area (Å²) in [5.74, 6) is -2.01. The van der Waals surface area contributed by atoms with Crippen LogP contribution in [0.5, 0.6) is 5.75 Å². The second-order valence-corrected chi connectivity index (χ2v) is 4.78. The maximum Gasteiger partial charge on any atom is 0.345 e. The van der Waals surface area contributed by atoms with Gasteiger partial charge in [0.05, 0.1) is 11.9 Å². The van der Waals surface area contributed by atoms with Crippen LogP contribution in [0.3, 0.4) is 0 Å². The SMILES string of the molecule is O=C(O)c1c(O)c2cccnc2n(Cc2ccccc2)c1=O. The molecular formula is C16H12N2O4. The fourth-order valence-corrected chi connectivity index (χ4v) is 2.37. The molecule has 0 aliphatic rings. The van der Waals surface area contributed by atoms with Gasteiger partial charge in [0.1, 0.15) is 11.4 Å². The molecule has 6 heteroatoms. The molecule has 0 amide bonds. The molecule has 0 bridgehead atoms. The highest BCUT2D eigenvalue weighted by molar-refractivity contribution is 5.97. The van der Waals surface area contributed by atoms with Gasteiger partial charge in [0.15, 0.2) is 5.56 Å². The van der Waals surface area contributed by atoms with Crippen LogP contribution in [-0.2, 0) is 6.54 Å². The van der Waals surface area contributed by atoms with E-state index in [1.165, 1.54) is 16.8 Å². The van der Waals surface area contributed by atoms with Crippen LogP contribution in [0.25, 0.3) is 11.0 Å². The van der Waals surface area contributed by atoms with E-state index >= 15 is 0 Å². The summed E-state index contributed by atoms with van der Waals surface area (Å²) in [4.78, 5) is 27.8. The Labute approximate surface area is 124 Å². The van der Waals surface area contributed by atoms with Gasteiger partial charge in [-0.25, -0.2) is 9.78 Å². The first-order valence-corrected chi connectivity index (χ1v) is 6.57. The Kier molecular flexibility index (Phi) is 3.34. The Morgan fingerprint density at radius 2 is 1.86 bits per heavy atom. The number of hydrogen-bond donors (Lipinski definition) is 2. The third-order valence-electron chi connectivity index (χ3n) is 3.39. The number of aromatic nitrogens is 2. The van der Waals surface area contributed by atoms with E-state index in [1.54, 1.807) is 6.07 Å². The van der Waals surface area contributed by atoms with Crippen LogP contribution < -0.4 is 5.56 Å². The van der Waals surface area contributed by atoms with Gasteiger partial charge in [0.25, 0.3) is 5.56 Å². The number of hydrogen-bond acceptors (Lipinski definition) is 4. The zero-order chi connectivity index (χ0) is 15.7. The molecule has 1 aromatic carbocycles. The van der Waals surface area contributed by atoms with Crippen molar-refractivity contribution in [2.45, 2.75) is 6.54 Å². The molecule has 0 aliphatic heterocycles. The third-order valence-corrected chi connectivity index (χ3v) is 3.39. The van der Waals surface area contributed by atoms with Crippen LogP contribution >= 0.6 is 0 Å². The fraction of sp³-hybridized carbons (Fsp3) is 0.0625. The lowest BCUT2D eigenvalue weighted by molar-refractivity contribution is 0.0691. The van der Waals surface area contributed by atoms with Gasteiger partial charge < -0.3 is 10.2 Å². The molecule has 0 spiro atoms. The first-order valence-electron chi connectivity index (χ1n) is 6.57. The number of carboxylic acids is 1. The van der Waals surface area contributed by atoms with Gasteiger partial charge in [-0.2, -0.15) is 0 Å². The number of fused-ring (bicyclic) bond motifs is 1. The van der Waals surface area contributed by atoms with Crippen molar-refractivity contribution in [2.24, 2.45) is 0 Å². The van der Waals surface area contributed by atoms with Crippen molar-refractivity contribution >= 4 is 17.0 Å². The number of aromatic carboxylic acids is 1. The highest BCUT2D eigenvalue weighted by Crippen LogP contribution is 2.25. The predicted molar refractivity (Wildman–Crippen MR) is 80.2 cm³/mol. The van der Waals surface area contributed by atoms with Gasteiger partial charge in [0.2, 0.25) is 0 Å². The molecule has 3 rings (SSSR count). The second-order valence-electron chi connectivity index (χ2n) is 4.78. The summed E-state index contributed by atoms with van der Waals surface area (Å²) in [7, 11) is 0. The van der Waals surface area contributed by atoms with E-state index < -0.39 is 22.8 Å². The minimum Gasteiger partial charge on any atom is -0.506 e. The van der Waals surface area contributed by atoms with Crippen molar-refractivity contribution in [3.8, 4) is 5.75 Å². The molecule has 3 aromatic rings. The minimum absolute atomic E-state index is 0.174. The van der Waals surface area contributed by atoms with Crippen molar-refractivity contribution in [3.63, 3.8) is 0 Å². The monoisotopic (exact) mass is 296 g/mol. The molecule has 2 aromatic heterocycles. The van der Waals surface area contributed by atoms with Crippen molar-refractivity contribution < 1.29 is 15.0 Å². The van der Waals surface area contributed by atoms with Gasteiger partial charge in [-0.3, -0.25) is 9.36 Å². The predicted octanol–water partition coefficient (Wildman–Crippen LogP) is 1.85. The maximum atomic E-state index is 12.4. The van der Waals surface area contributed by atoms with E-state index in [9.17, 15) is 19.8 Å². The van der Waals surface area contributed by atoms with Crippen molar-refractivity contribution in [2.75, 3.05) is 0 Å². The third kappa shape index (κ3) is 2.20. The molecule has 6 nitrogen and oxygen atoms in total. The van der Waals surface area contributed by atoms with Crippen molar-refractivity contribution in [1.29, 1.82) is 0 Å². The van der Waals surface area contributed by atoms with Gasteiger partial charge in [0, 0.05) is 6.20 Å². The highest BCUT2D eigenvalue weighted by Gasteiger charge is 2.22. The molecule has 0 saturated heterocycles. The number of benzene rings is 1. The number of pyridine rings is 2. The molecule has 0 saturated carbocycles. The smallest absolute Gasteiger partial charge is 0.345 e. The van der Waals surface area contributed by atoms with E-state index in [-0.39, 0.29) is 17.6 Å². The number of aromatic hydroxyl groups is 1. The largest absolute Gasteiger partial charge is 0.506 e. The Morgan fingerprint density at radius 1 is 1.14 bits per heavy atom. The molecule has 22 heavy (non-hydrogen) atoms. The topological polar surface area (TPSA) is 92.4 Å². The number of nitrogens with zero attached hydrogens (tertiary/aromatic N) is 2. The lowest BCUT2D eigenvalue weighted by Gasteiger charge is -2.12. The summed E-state index contributed by atoms with van der Waals surface area (Å²) in [5.41, 5.74) is -0.339. The molecule has 0 radical (unpaired) electrons. The quantitative estimate of drug-likeness (QED) is 0.769. The molecule has 0 fully saturated rings. The number of carbonyl (C=O) groups is 1. The summed E-state index contributed by atoms with van der Waals surface area (Å²) in [6.45, 7) is 0.174. The van der Waals surface area contributed by atoms with E-state index in [1.807, 2.05) is 30.3 Å². The van der Waals surface area contributed by atoms with Gasteiger partial charge in [-0.15, -0.1) is 0 Å². The first kappa shape index (κ1) is 13.8. The summed E-state index contributed by atoms with van der Waals surface area (Å²) in [5, 5.41) is 19.5. The summed E-state index contributed by atoms with van der Waals surface area (Å²) in [6.07, 6.45) is 1.49. The molecule has 0 unspecified atom stereocenters. The van der Waals surface area contributed by atoms with E-state index in [0.29, 0.717) is 0 Å². The van der Waals surface area contributed by atoms with Crippen molar-refractivity contribution in [1.82, 2.24) is 9.55 Å². The Bertz CT molecular complexity index is 917. The molecule has 0 atom stereocenters. The zero-order valence-corrected chi connectivity index (χ0v) is 11.4. The zero-order valence-electron chi connectivity index (χ0n) is 11.4. The summed E-state index contributed by atoms with van der Waals surface area (Å²) < 4.78 is 1.26. The van der Waals surface area contributed by atoms with Crippen LogP contribution in [0.15, 0.2) is 53.5 Å². The average molecular weight is 296 g/mol. The van der Waals surface area contributed by atoms with Gasteiger partial charge in [-0.05, 0) is 17.7 Å². The van der Waals surface area contributed by atoms with Crippen LogP contribution in [-0.4, -0.2) is 25.7 Å². The van der Waals surface area contributed by atoms with Crippen LogP contribution in [0.2, 0.25) is 0 Å². The Morgan fingerprint density at radius 3 is 2.55 bits per heavy atom. The fourth-order valence-electron chi connectivity index (χ4n) is 2.37. The van der Waals surface area contributed by atoms with Gasteiger partial charge >= 0.3 is 5.97 Å².